The fourth-order valence-corrected chi connectivity index (χ4v) is 4.53. The van der Waals surface area contributed by atoms with Crippen molar-refractivity contribution in [3.63, 3.8) is 0 Å². The largest absolute Gasteiger partial charge is 0.347 e. The Bertz CT molecular complexity index is 774. The highest BCUT2D eigenvalue weighted by Crippen LogP contribution is 2.27. The number of benzene rings is 1. The number of aromatic nitrogens is 2. The number of anilines is 1. The number of carbonyl (C=O) groups excluding carboxylic acids is 1. The summed E-state index contributed by atoms with van der Waals surface area (Å²) < 4.78 is 13.8. The van der Waals surface area contributed by atoms with Crippen LogP contribution in [0.1, 0.15) is 29.8 Å². The molecule has 0 spiro atoms. The van der Waals surface area contributed by atoms with Crippen molar-refractivity contribution >= 4 is 22.5 Å². The first-order valence-electron chi connectivity index (χ1n) is 9.06. The van der Waals surface area contributed by atoms with Gasteiger partial charge in [0.25, 0.3) is 0 Å². The van der Waals surface area contributed by atoms with E-state index in [4.69, 9.17) is 0 Å². The van der Waals surface area contributed by atoms with Gasteiger partial charge >= 0.3 is 6.03 Å². The molecule has 0 aliphatic carbocycles. The van der Waals surface area contributed by atoms with Crippen LogP contribution in [-0.2, 0) is 6.42 Å². The maximum absolute atomic E-state index is 13.8. The standard InChI is InChI=1S/C18H22FN5OS/c19-15-5-2-1-4-13(15)12-16-21-22-18(26-16)23-10-6-14(7-11-23)24-9-3-8-20-17(24)25/h1-2,4-5,14H,3,6-12H2,(H,20,25). The van der Waals surface area contributed by atoms with E-state index in [1.54, 1.807) is 12.1 Å². The predicted molar refractivity (Wildman–Crippen MR) is 99.1 cm³/mol. The van der Waals surface area contributed by atoms with Crippen LogP contribution in [0.5, 0.6) is 0 Å². The van der Waals surface area contributed by atoms with E-state index < -0.39 is 0 Å². The van der Waals surface area contributed by atoms with E-state index in [9.17, 15) is 9.18 Å². The average molecular weight is 375 g/mol. The zero-order chi connectivity index (χ0) is 17.9. The lowest BCUT2D eigenvalue weighted by molar-refractivity contribution is 0.149. The van der Waals surface area contributed by atoms with E-state index in [0.717, 1.165) is 55.6 Å². The smallest absolute Gasteiger partial charge is 0.317 e. The second kappa shape index (κ2) is 7.57. The van der Waals surface area contributed by atoms with E-state index >= 15 is 0 Å². The summed E-state index contributed by atoms with van der Waals surface area (Å²) in [6, 6.07) is 7.15. The second-order valence-corrected chi connectivity index (χ2v) is 7.78. The lowest BCUT2D eigenvalue weighted by atomic mass is 10.0. The van der Waals surface area contributed by atoms with E-state index in [0.29, 0.717) is 18.0 Å². The van der Waals surface area contributed by atoms with Crippen molar-refractivity contribution in [1.29, 1.82) is 0 Å². The molecule has 2 aliphatic heterocycles. The van der Waals surface area contributed by atoms with Crippen LogP contribution in [-0.4, -0.2) is 53.3 Å². The Hall–Kier alpha value is -2.22. The topological polar surface area (TPSA) is 61.4 Å². The molecule has 26 heavy (non-hydrogen) atoms. The third kappa shape index (κ3) is 3.65. The van der Waals surface area contributed by atoms with Crippen LogP contribution in [0.3, 0.4) is 0 Å². The third-order valence-electron chi connectivity index (χ3n) is 5.04. The van der Waals surface area contributed by atoms with E-state index in [-0.39, 0.29) is 11.8 Å². The summed E-state index contributed by atoms with van der Waals surface area (Å²) in [4.78, 5) is 16.2. The zero-order valence-electron chi connectivity index (χ0n) is 14.5. The van der Waals surface area contributed by atoms with Gasteiger partial charge in [0.15, 0.2) is 0 Å². The normalized spacial score (nSPS) is 18.9. The Morgan fingerprint density at radius 2 is 2.00 bits per heavy atom. The van der Waals surface area contributed by atoms with Gasteiger partial charge in [-0.15, -0.1) is 10.2 Å². The van der Waals surface area contributed by atoms with Crippen molar-refractivity contribution in [2.75, 3.05) is 31.1 Å². The van der Waals surface area contributed by atoms with Crippen LogP contribution >= 0.6 is 11.3 Å². The number of hydrogen-bond donors (Lipinski definition) is 1. The van der Waals surface area contributed by atoms with Gasteiger partial charge in [0.1, 0.15) is 10.8 Å². The number of urea groups is 1. The monoisotopic (exact) mass is 375 g/mol. The fraction of sp³-hybridized carbons (Fsp3) is 0.500. The van der Waals surface area contributed by atoms with E-state index in [2.05, 4.69) is 20.4 Å². The summed E-state index contributed by atoms with van der Waals surface area (Å²) in [6.45, 7) is 3.36. The molecule has 8 heteroatoms. The molecule has 1 aromatic carbocycles. The first-order valence-corrected chi connectivity index (χ1v) is 9.87. The minimum Gasteiger partial charge on any atom is -0.347 e. The van der Waals surface area contributed by atoms with Crippen LogP contribution < -0.4 is 10.2 Å². The van der Waals surface area contributed by atoms with Crippen LogP contribution in [0.15, 0.2) is 24.3 Å². The fourth-order valence-electron chi connectivity index (χ4n) is 3.61. The third-order valence-corrected chi connectivity index (χ3v) is 6.03. The van der Waals surface area contributed by atoms with Crippen molar-refractivity contribution in [3.8, 4) is 0 Å². The number of rotatable bonds is 4. The van der Waals surface area contributed by atoms with Crippen molar-refractivity contribution in [1.82, 2.24) is 20.4 Å². The molecule has 6 nitrogen and oxygen atoms in total. The first-order chi connectivity index (χ1) is 12.7. The van der Waals surface area contributed by atoms with Gasteiger partial charge < -0.3 is 15.1 Å². The molecular formula is C18H22FN5OS. The first kappa shape index (κ1) is 17.2. The quantitative estimate of drug-likeness (QED) is 0.893. The zero-order valence-corrected chi connectivity index (χ0v) is 15.3. The van der Waals surface area contributed by atoms with Crippen LogP contribution in [0.2, 0.25) is 0 Å². The number of nitrogens with zero attached hydrogens (tertiary/aromatic N) is 4. The average Bonchev–Trinajstić information content (AvgIpc) is 3.13. The van der Waals surface area contributed by atoms with E-state index in [1.807, 2.05) is 11.0 Å². The van der Waals surface area contributed by atoms with Crippen molar-refractivity contribution in [3.05, 3.63) is 40.7 Å². The SMILES string of the molecule is O=C1NCCCN1C1CCN(c2nnc(Cc3ccccc3F)s2)CC1. The Morgan fingerprint density at radius 3 is 2.77 bits per heavy atom. The number of carbonyl (C=O) groups is 1. The molecule has 2 aliphatic rings. The summed E-state index contributed by atoms with van der Waals surface area (Å²) >= 11 is 1.52. The Kier molecular flexibility index (Phi) is 5.01. The van der Waals surface area contributed by atoms with Gasteiger partial charge in [0.2, 0.25) is 5.13 Å². The Balaban J connectivity index is 1.36. The van der Waals surface area contributed by atoms with Crippen LogP contribution in [0.25, 0.3) is 0 Å². The van der Waals surface area contributed by atoms with Crippen molar-refractivity contribution < 1.29 is 9.18 Å². The molecule has 3 heterocycles. The lowest BCUT2D eigenvalue weighted by Gasteiger charge is -2.40. The Morgan fingerprint density at radius 1 is 1.19 bits per heavy atom. The number of amides is 2. The maximum atomic E-state index is 13.8. The number of hydrogen-bond acceptors (Lipinski definition) is 5. The minimum atomic E-state index is -0.204. The molecule has 2 amide bonds. The summed E-state index contributed by atoms with van der Waals surface area (Å²) in [5.74, 6) is -0.204. The minimum absolute atomic E-state index is 0.0674. The molecule has 0 unspecified atom stereocenters. The molecule has 2 fully saturated rings. The molecule has 0 saturated carbocycles. The second-order valence-electron chi connectivity index (χ2n) is 6.74. The maximum Gasteiger partial charge on any atom is 0.317 e. The molecule has 4 rings (SSSR count). The molecule has 0 bridgehead atoms. The Labute approximate surface area is 156 Å². The van der Waals surface area contributed by atoms with E-state index in [1.165, 1.54) is 17.4 Å². The van der Waals surface area contributed by atoms with Crippen molar-refractivity contribution in [2.24, 2.45) is 0 Å². The highest BCUT2D eigenvalue weighted by molar-refractivity contribution is 7.15. The number of piperidine rings is 1. The highest BCUT2D eigenvalue weighted by Gasteiger charge is 2.30. The number of halogens is 1. The van der Waals surface area contributed by atoms with Gasteiger partial charge in [-0.2, -0.15) is 0 Å². The molecule has 138 valence electrons. The van der Waals surface area contributed by atoms with Crippen LogP contribution in [0.4, 0.5) is 14.3 Å². The molecule has 0 radical (unpaired) electrons. The molecular weight excluding hydrogens is 353 g/mol. The molecule has 2 saturated heterocycles. The van der Waals surface area contributed by atoms with Crippen molar-refractivity contribution in [2.45, 2.75) is 31.7 Å². The summed E-state index contributed by atoms with van der Waals surface area (Å²) in [5.41, 5.74) is 0.644. The predicted octanol–water partition coefficient (Wildman–Crippen LogP) is 2.65. The van der Waals surface area contributed by atoms with Gasteiger partial charge in [-0.25, -0.2) is 9.18 Å². The molecule has 1 aromatic heterocycles. The van der Waals surface area contributed by atoms with Gasteiger partial charge in [-0.1, -0.05) is 29.5 Å². The highest BCUT2D eigenvalue weighted by atomic mass is 32.1. The summed E-state index contributed by atoms with van der Waals surface area (Å²) in [7, 11) is 0. The van der Waals surface area contributed by atoms with Crippen LogP contribution in [0, 0.1) is 5.82 Å². The molecule has 0 atom stereocenters. The molecule has 2 aromatic rings. The number of nitrogens with one attached hydrogen (secondary N) is 1. The van der Waals surface area contributed by atoms with Gasteiger partial charge in [-0.3, -0.25) is 0 Å². The van der Waals surface area contributed by atoms with Gasteiger partial charge in [0, 0.05) is 38.6 Å². The van der Waals surface area contributed by atoms with Gasteiger partial charge in [-0.05, 0) is 30.9 Å². The van der Waals surface area contributed by atoms with Gasteiger partial charge in [0.05, 0.1) is 0 Å². The summed E-state index contributed by atoms with van der Waals surface area (Å²) in [6.07, 6.45) is 3.36. The summed E-state index contributed by atoms with van der Waals surface area (Å²) in [5, 5.41) is 13.2. The molecule has 1 N–H and O–H groups in total. The lowest BCUT2D eigenvalue weighted by Crippen LogP contribution is -2.54.